The molecule has 1 unspecified atom stereocenters. The minimum atomic E-state index is 0.603. The summed E-state index contributed by atoms with van der Waals surface area (Å²) in [6.45, 7) is 12.2. The van der Waals surface area contributed by atoms with Gasteiger partial charge in [0.2, 0.25) is 0 Å². The third-order valence-electron chi connectivity index (χ3n) is 3.16. The lowest BCUT2D eigenvalue weighted by molar-refractivity contribution is 0.430. The molecule has 1 N–H and O–H groups in total. The van der Waals surface area contributed by atoms with Crippen molar-refractivity contribution in [1.29, 1.82) is 0 Å². The summed E-state index contributed by atoms with van der Waals surface area (Å²) in [7, 11) is 0. The van der Waals surface area contributed by atoms with E-state index in [0.717, 1.165) is 13.0 Å². The second-order valence-corrected chi connectivity index (χ2v) is 5.23. The van der Waals surface area contributed by atoms with Crippen molar-refractivity contribution in [2.75, 3.05) is 6.54 Å². The smallest absolute Gasteiger partial charge is 0.00618 e. The van der Waals surface area contributed by atoms with Crippen molar-refractivity contribution >= 4 is 0 Å². The Morgan fingerprint density at radius 3 is 2.06 bits per heavy atom. The van der Waals surface area contributed by atoms with Gasteiger partial charge in [0.1, 0.15) is 0 Å². The maximum Gasteiger partial charge on any atom is 0.00618 e. The molecule has 0 saturated carbocycles. The van der Waals surface area contributed by atoms with E-state index in [1.807, 2.05) is 0 Å². The summed E-state index contributed by atoms with van der Waals surface area (Å²) in [5.41, 5.74) is 4.18. The molecule has 0 aromatic heterocycles. The fourth-order valence-electron chi connectivity index (χ4n) is 1.89. The molecule has 0 amide bonds. The van der Waals surface area contributed by atoms with Crippen LogP contribution in [-0.2, 0) is 6.42 Å². The average molecular weight is 219 g/mol. The predicted molar refractivity (Wildman–Crippen MR) is 71.9 cm³/mol. The molecule has 1 nitrogen and oxygen atoms in total. The van der Waals surface area contributed by atoms with Crippen LogP contribution in [0.5, 0.6) is 0 Å². The fraction of sp³-hybridized carbons (Fsp3) is 0.600. The van der Waals surface area contributed by atoms with Gasteiger partial charge in [-0.15, -0.1) is 0 Å². The molecule has 0 aliphatic carbocycles. The topological polar surface area (TPSA) is 12.0 Å². The molecule has 0 aliphatic rings. The minimum absolute atomic E-state index is 0.603. The third kappa shape index (κ3) is 4.36. The minimum Gasteiger partial charge on any atom is -0.314 e. The van der Waals surface area contributed by atoms with Crippen molar-refractivity contribution in [2.24, 2.45) is 5.92 Å². The van der Waals surface area contributed by atoms with Crippen molar-refractivity contribution in [1.82, 2.24) is 5.32 Å². The maximum absolute atomic E-state index is 3.57. The maximum atomic E-state index is 3.57. The molecule has 0 saturated heterocycles. The number of aryl methyl sites for hydroxylation is 2. The zero-order valence-corrected chi connectivity index (χ0v) is 11.3. The van der Waals surface area contributed by atoms with Crippen molar-refractivity contribution in [3.05, 3.63) is 34.9 Å². The van der Waals surface area contributed by atoms with Crippen LogP contribution in [0.1, 0.15) is 37.5 Å². The monoisotopic (exact) mass is 219 g/mol. The van der Waals surface area contributed by atoms with E-state index in [2.05, 4.69) is 58.1 Å². The molecule has 1 aromatic rings. The molecule has 1 atom stereocenters. The van der Waals surface area contributed by atoms with Crippen LogP contribution in [0.15, 0.2) is 18.2 Å². The fourth-order valence-corrected chi connectivity index (χ4v) is 1.89. The molecule has 0 bridgehead atoms. The van der Waals surface area contributed by atoms with Gasteiger partial charge in [0.25, 0.3) is 0 Å². The molecule has 0 radical (unpaired) electrons. The molecule has 0 spiro atoms. The summed E-state index contributed by atoms with van der Waals surface area (Å²) >= 11 is 0. The highest BCUT2D eigenvalue weighted by atomic mass is 14.9. The molecule has 1 rings (SSSR count). The average Bonchev–Trinajstić information content (AvgIpc) is 2.15. The first-order valence-corrected chi connectivity index (χ1v) is 6.29. The van der Waals surface area contributed by atoms with Gasteiger partial charge in [0.15, 0.2) is 0 Å². The number of hydrogen-bond donors (Lipinski definition) is 1. The number of hydrogen-bond acceptors (Lipinski definition) is 1. The van der Waals surface area contributed by atoms with Crippen LogP contribution in [0.4, 0.5) is 0 Å². The standard InChI is InChI=1S/C15H25N/c1-11(2)14(5)16-7-6-15-9-12(3)8-13(4)10-15/h8-11,14,16H,6-7H2,1-5H3. The van der Waals surface area contributed by atoms with E-state index < -0.39 is 0 Å². The van der Waals surface area contributed by atoms with Gasteiger partial charge < -0.3 is 5.32 Å². The van der Waals surface area contributed by atoms with Gasteiger partial charge in [-0.3, -0.25) is 0 Å². The van der Waals surface area contributed by atoms with Gasteiger partial charge in [-0.25, -0.2) is 0 Å². The Kier molecular flexibility index (Phi) is 5.01. The Morgan fingerprint density at radius 1 is 1.00 bits per heavy atom. The first-order valence-electron chi connectivity index (χ1n) is 6.29. The quantitative estimate of drug-likeness (QED) is 0.799. The molecule has 90 valence electrons. The SMILES string of the molecule is Cc1cc(C)cc(CCNC(C)C(C)C)c1. The molecule has 16 heavy (non-hydrogen) atoms. The van der Waals surface area contributed by atoms with E-state index in [1.165, 1.54) is 16.7 Å². The summed E-state index contributed by atoms with van der Waals surface area (Å²) in [5.74, 6) is 0.708. The van der Waals surface area contributed by atoms with Crippen molar-refractivity contribution in [3.63, 3.8) is 0 Å². The Labute approximate surface area is 100 Å². The molecule has 0 fully saturated rings. The summed E-state index contributed by atoms with van der Waals surface area (Å²) < 4.78 is 0. The van der Waals surface area contributed by atoms with E-state index in [9.17, 15) is 0 Å². The largest absolute Gasteiger partial charge is 0.314 e. The van der Waals surface area contributed by atoms with Crippen molar-refractivity contribution in [3.8, 4) is 0 Å². The van der Waals surface area contributed by atoms with Gasteiger partial charge in [-0.1, -0.05) is 43.2 Å². The highest BCUT2D eigenvalue weighted by Crippen LogP contribution is 2.09. The predicted octanol–water partition coefficient (Wildman–Crippen LogP) is 3.48. The summed E-state index contributed by atoms with van der Waals surface area (Å²) in [4.78, 5) is 0. The lowest BCUT2D eigenvalue weighted by atomic mass is 10.0. The lowest BCUT2D eigenvalue weighted by Gasteiger charge is -2.17. The Hall–Kier alpha value is -0.820. The molecule has 1 aromatic carbocycles. The van der Waals surface area contributed by atoms with Crippen LogP contribution in [0.3, 0.4) is 0 Å². The zero-order valence-electron chi connectivity index (χ0n) is 11.3. The van der Waals surface area contributed by atoms with E-state index in [1.54, 1.807) is 0 Å². The van der Waals surface area contributed by atoms with Crippen molar-refractivity contribution < 1.29 is 0 Å². The van der Waals surface area contributed by atoms with Crippen LogP contribution in [0.25, 0.3) is 0 Å². The van der Waals surface area contributed by atoms with E-state index in [-0.39, 0.29) is 0 Å². The van der Waals surface area contributed by atoms with Crippen LogP contribution in [0, 0.1) is 19.8 Å². The van der Waals surface area contributed by atoms with Gasteiger partial charge in [0, 0.05) is 6.04 Å². The first kappa shape index (κ1) is 13.2. The second-order valence-electron chi connectivity index (χ2n) is 5.23. The lowest BCUT2D eigenvalue weighted by Crippen LogP contribution is -2.32. The number of rotatable bonds is 5. The highest BCUT2D eigenvalue weighted by Gasteiger charge is 2.05. The van der Waals surface area contributed by atoms with Gasteiger partial charge in [-0.05, 0) is 45.2 Å². The van der Waals surface area contributed by atoms with Gasteiger partial charge in [0.05, 0.1) is 0 Å². The number of benzene rings is 1. The Balaban J connectivity index is 2.43. The Bertz CT molecular complexity index is 308. The summed E-state index contributed by atoms with van der Waals surface area (Å²) in [6.07, 6.45) is 1.12. The third-order valence-corrected chi connectivity index (χ3v) is 3.16. The van der Waals surface area contributed by atoms with Crippen LogP contribution in [-0.4, -0.2) is 12.6 Å². The Morgan fingerprint density at radius 2 is 1.56 bits per heavy atom. The summed E-state index contributed by atoms with van der Waals surface area (Å²) in [5, 5.41) is 3.57. The number of nitrogens with one attached hydrogen (secondary N) is 1. The normalized spacial score (nSPS) is 13.1. The molecule has 1 heteroatoms. The first-order chi connectivity index (χ1) is 7.49. The van der Waals surface area contributed by atoms with Crippen molar-refractivity contribution in [2.45, 2.75) is 47.1 Å². The zero-order chi connectivity index (χ0) is 12.1. The van der Waals surface area contributed by atoms with Gasteiger partial charge in [-0.2, -0.15) is 0 Å². The molecule has 0 aliphatic heterocycles. The van der Waals surface area contributed by atoms with Crippen LogP contribution >= 0.6 is 0 Å². The highest BCUT2D eigenvalue weighted by molar-refractivity contribution is 5.28. The van der Waals surface area contributed by atoms with E-state index in [0.29, 0.717) is 12.0 Å². The van der Waals surface area contributed by atoms with Crippen LogP contribution < -0.4 is 5.32 Å². The summed E-state index contributed by atoms with van der Waals surface area (Å²) in [6, 6.07) is 7.41. The second kappa shape index (κ2) is 6.05. The van der Waals surface area contributed by atoms with Crippen LogP contribution in [0.2, 0.25) is 0 Å². The van der Waals surface area contributed by atoms with E-state index >= 15 is 0 Å². The van der Waals surface area contributed by atoms with Gasteiger partial charge >= 0.3 is 0 Å². The molecular weight excluding hydrogens is 194 g/mol. The molecule has 0 heterocycles. The van der Waals surface area contributed by atoms with E-state index in [4.69, 9.17) is 0 Å². The molecular formula is C15H25N.